The summed E-state index contributed by atoms with van der Waals surface area (Å²) < 4.78 is 0. The van der Waals surface area contributed by atoms with Crippen molar-refractivity contribution in [3.63, 3.8) is 0 Å². The van der Waals surface area contributed by atoms with Crippen LogP contribution in [0.2, 0.25) is 0 Å². The Bertz CT molecular complexity index is 1580. The molecule has 0 atom stereocenters. The molecule has 228 valence electrons. The molecule has 4 aromatic carbocycles. The van der Waals surface area contributed by atoms with Crippen molar-refractivity contribution < 1.29 is 39.6 Å². The molecule has 0 unspecified atom stereocenters. The van der Waals surface area contributed by atoms with Crippen molar-refractivity contribution >= 4 is 23.9 Å². The lowest BCUT2D eigenvalue weighted by Gasteiger charge is -2.17. The van der Waals surface area contributed by atoms with Crippen LogP contribution >= 0.6 is 0 Å². The maximum atomic E-state index is 11.6. The maximum Gasteiger partial charge on any atom is 0.336 e. The van der Waals surface area contributed by atoms with E-state index >= 15 is 0 Å². The topological polar surface area (TPSA) is 149 Å². The molecule has 0 bridgehead atoms. The van der Waals surface area contributed by atoms with Gasteiger partial charge < -0.3 is 20.4 Å². The molecule has 0 saturated heterocycles. The van der Waals surface area contributed by atoms with Gasteiger partial charge in [-0.15, -0.1) is 0 Å². The Balaban J connectivity index is 0.000000240. The minimum atomic E-state index is -1.06. The lowest BCUT2D eigenvalue weighted by molar-refractivity contribution is 0.0684. The summed E-state index contributed by atoms with van der Waals surface area (Å²) in [5.41, 5.74) is 8.80. The predicted molar refractivity (Wildman–Crippen MR) is 169 cm³/mol. The molecule has 44 heavy (non-hydrogen) atoms. The smallest absolute Gasteiger partial charge is 0.336 e. The number of carboxylic acid groups (broad SMARTS) is 4. The number of aromatic carboxylic acids is 4. The van der Waals surface area contributed by atoms with Crippen molar-refractivity contribution in [1.82, 2.24) is 0 Å². The van der Waals surface area contributed by atoms with Crippen LogP contribution in [0, 0.1) is 55.4 Å². The Morgan fingerprint density at radius 1 is 0.341 bits per heavy atom. The molecule has 4 aromatic rings. The van der Waals surface area contributed by atoms with Crippen molar-refractivity contribution in [1.29, 1.82) is 0 Å². The van der Waals surface area contributed by atoms with E-state index in [-0.39, 0.29) is 22.3 Å². The van der Waals surface area contributed by atoms with Crippen LogP contribution in [-0.4, -0.2) is 44.3 Å². The number of carbonyl (C=O) groups is 4. The summed E-state index contributed by atoms with van der Waals surface area (Å²) >= 11 is 0. The van der Waals surface area contributed by atoms with Crippen molar-refractivity contribution in [2.75, 3.05) is 0 Å². The minimum absolute atomic E-state index is 0.131. The average Bonchev–Trinajstić information content (AvgIpc) is 2.88. The molecule has 4 rings (SSSR count). The van der Waals surface area contributed by atoms with Crippen LogP contribution in [0.3, 0.4) is 0 Å². The number of rotatable bonds is 6. The highest BCUT2D eigenvalue weighted by Crippen LogP contribution is 2.36. The Morgan fingerprint density at radius 2 is 0.500 bits per heavy atom. The van der Waals surface area contributed by atoms with Crippen LogP contribution in [-0.2, 0) is 0 Å². The van der Waals surface area contributed by atoms with Crippen LogP contribution < -0.4 is 0 Å². The van der Waals surface area contributed by atoms with E-state index in [4.69, 9.17) is 0 Å². The molecule has 8 nitrogen and oxygen atoms in total. The summed E-state index contributed by atoms with van der Waals surface area (Å²) in [4.78, 5) is 46.4. The average molecular weight is 597 g/mol. The molecule has 0 radical (unpaired) electrons. The first-order valence-corrected chi connectivity index (χ1v) is 13.8. The zero-order valence-electron chi connectivity index (χ0n) is 26.0. The Hall–Kier alpha value is -5.24. The van der Waals surface area contributed by atoms with Crippen LogP contribution in [0.4, 0.5) is 0 Å². The van der Waals surface area contributed by atoms with Gasteiger partial charge in [0, 0.05) is 22.3 Å². The molecule has 0 aliphatic carbocycles. The summed E-state index contributed by atoms with van der Waals surface area (Å²) in [6.45, 7) is 14.5. The van der Waals surface area contributed by atoms with Gasteiger partial charge in [-0.05, 0) is 124 Å². The number of benzene rings is 4. The standard InChI is InChI=1S/2C18H18O4/c2*1-9-5-11(3)15(13(7-9)17(19)20)16-12(4)6-10(2)8-14(16)18(21)22/h2*5-8H,1-4H3,(H,19,20)(H,21,22). The van der Waals surface area contributed by atoms with E-state index in [9.17, 15) is 39.6 Å². The number of hydrogen-bond acceptors (Lipinski definition) is 4. The second kappa shape index (κ2) is 13.0. The van der Waals surface area contributed by atoms with E-state index < -0.39 is 23.9 Å². The third-order valence-electron chi connectivity index (χ3n) is 7.34. The van der Waals surface area contributed by atoms with Gasteiger partial charge in [-0.3, -0.25) is 0 Å². The fraction of sp³-hybridized carbons (Fsp3) is 0.222. The van der Waals surface area contributed by atoms with Gasteiger partial charge in [0.25, 0.3) is 0 Å². The number of aryl methyl sites for hydroxylation is 8. The van der Waals surface area contributed by atoms with E-state index in [1.54, 1.807) is 52.0 Å². The highest BCUT2D eigenvalue weighted by Gasteiger charge is 2.24. The molecule has 4 N–H and O–H groups in total. The lowest BCUT2D eigenvalue weighted by Crippen LogP contribution is -2.08. The first-order chi connectivity index (χ1) is 20.4. The molecule has 0 spiro atoms. The van der Waals surface area contributed by atoms with Gasteiger partial charge in [0.2, 0.25) is 0 Å². The largest absolute Gasteiger partial charge is 0.478 e. The van der Waals surface area contributed by atoms with Crippen molar-refractivity contribution in [2.24, 2.45) is 0 Å². The third kappa shape index (κ3) is 6.86. The second-order valence-corrected chi connectivity index (χ2v) is 11.2. The minimum Gasteiger partial charge on any atom is -0.478 e. The van der Waals surface area contributed by atoms with Crippen LogP contribution in [0.15, 0.2) is 48.5 Å². The Morgan fingerprint density at radius 3 is 0.636 bits per heavy atom. The quantitative estimate of drug-likeness (QED) is 0.175. The van der Waals surface area contributed by atoms with Crippen molar-refractivity contribution in [3.8, 4) is 22.3 Å². The SMILES string of the molecule is Cc1cc(C)c(-c2c(C)cc(C)cc2C(=O)O)c(C(=O)O)c1.Cc1cc(C)c(-c2c(C)cc(C)cc2C(=O)O)c(C(=O)O)c1. The van der Waals surface area contributed by atoms with E-state index in [0.717, 1.165) is 44.5 Å². The molecular formula is C36H36O8. The molecular weight excluding hydrogens is 560 g/mol. The van der Waals surface area contributed by atoms with E-state index in [0.29, 0.717) is 22.3 Å². The van der Waals surface area contributed by atoms with Gasteiger partial charge in [-0.25, -0.2) is 19.2 Å². The van der Waals surface area contributed by atoms with Gasteiger partial charge in [-0.2, -0.15) is 0 Å². The third-order valence-corrected chi connectivity index (χ3v) is 7.34. The van der Waals surface area contributed by atoms with Crippen LogP contribution in [0.1, 0.15) is 85.9 Å². The Kier molecular flexibility index (Phi) is 9.79. The van der Waals surface area contributed by atoms with E-state index in [1.807, 2.05) is 52.0 Å². The first kappa shape index (κ1) is 33.3. The molecule has 0 fully saturated rings. The molecule has 0 saturated carbocycles. The second-order valence-electron chi connectivity index (χ2n) is 11.2. The normalized spacial score (nSPS) is 10.5. The predicted octanol–water partition coefficient (Wildman–Crippen LogP) is 7.97. The van der Waals surface area contributed by atoms with Gasteiger partial charge in [0.15, 0.2) is 0 Å². The summed E-state index contributed by atoms with van der Waals surface area (Å²) in [7, 11) is 0. The summed E-state index contributed by atoms with van der Waals surface area (Å²) in [5, 5.41) is 38.0. The fourth-order valence-corrected chi connectivity index (χ4v) is 5.87. The molecule has 8 heteroatoms. The number of hydrogen-bond donors (Lipinski definition) is 4. The number of carboxylic acids is 4. The summed E-state index contributed by atoms with van der Waals surface area (Å²) in [6, 6.07) is 13.8. The monoisotopic (exact) mass is 596 g/mol. The van der Waals surface area contributed by atoms with E-state index in [2.05, 4.69) is 0 Å². The van der Waals surface area contributed by atoms with Crippen molar-refractivity contribution in [2.45, 2.75) is 55.4 Å². The fourth-order valence-electron chi connectivity index (χ4n) is 5.87. The maximum absolute atomic E-state index is 11.6. The molecule has 0 aromatic heterocycles. The van der Waals surface area contributed by atoms with Crippen LogP contribution in [0.25, 0.3) is 22.3 Å². The first-order valence-electron chi connectivity index (χ1n) is 13.8. The summed E-state index contributed by atoms with van der Waals surface area (Å²) in [5.74, 6) is -4.23. The Labute approximate surface area is 256 Å². The molecule has 0 heterocycles. The lowest BCUT2D eigenvalue weighted by atomic mass is 9.86. The van der Waals surface area contributed by atoms with Gasteiger partial charge >= 0.3 is 23.9 Å². The van der Waals surface area contributed by atoms with Gasteiger partial charge in [-0.1, -0.05) is 24.3 Å². The molecule has 0 aliphatic rings. The summed E-state index contributed by atoms with van der Waals surface area (Å²) in [6.07, 6.45) is 0. The van der Waals surface area contributed by atoms with Crippen molar-refractivity contribution in [3.05, 3.63) is 115 Å². The van der Waals surface area contributed by atoms with Crippen LogP contribution in [0.5, 0.6) is 0 Å². The zero-order chi connectivity index (χ0) is 33.2. The zero-order valence-corrected chi connectivity index (χ0v) is 26.0. The van der Waals surface area contributed by atoms with E-state index in [1.165, 1.54) is 0 Å². The molecule has 0 aliphatic heterocycles. The molecule has 0 amide bonds. The highest BCUT2D eigenvalue weighted by atomic mass is 16.4. The van der Waals surface area contributed by atoms with Gasteiger partial charge in [0.05, 0.1) is 22.3 Å². The van der Waals surface area contributed by atoms with Gasteiger partial charge in [0.1, 0.15) is 0 Å². The highest BCUT2D eigenvalue weighted by molar-refractivity contribution is 6.05.